The lowest BCUT2D eigenvalue weighted by Gasteiger charge is -1.80. The van der Waals surface area contributed by atoms with E-state index in [1.165, 1.54) is 11.1 Å². The second-order valence-corrected chi connectivity index (χ2v) is 5.16. The molecular formula is C16H14S2. The van der Waals surface area contributed by atoms with Gasteiger partial charge in [-0.1, -0.05) is 48.6 Å². The molecule has 2 heteroatoms. The summed E-state index contributed by atoms with van der Waals surface area (Å²) in [5.74, 6) is 0. The van der Waals surface area contributed by atoms with Crippen LogP contribution in [0.2, 0.25) is 0 Å². The normalized spacial score (nSPS) is 12.7. The van der Waals surface area contributed by atoms with Gasteiger partial charge in [-0.2, -0.15) is 22.7 Å². The van der Waals surface area contributed by atoms with Crippen LogP contribution < -0.4 is 0 Å². The van der Waals surface area contributed by atoms with Gasteiger partial charge in [-0.25, -0.2) is 0 Å². The first-order valence-corrected chi connectivity index (χ1v) is 7.56. The van der Waals surface area contributed by atoms with Crippen molar-refractivity contribution in [1.29, 1.82) is 0 Å². The van der Waals surface area contributed by atoms with Crippen molar-refractivity contribution in [2.75, 3.05) is 0 Å². The van der Waals surface area contributed by atoms with E-state index in [1.807, 2.05) is 24.3 Å². The highest BCUT2D eigenvalue weighted by Crippen LogP contribution is 2.08. The molecule has 0 radical (unpaired) electrons. The zero-order valence-electron chi connectivity index (χ0n) is 9.90. The van der Waals surface area contributed by atoms with Gasteiger partial charge in [0.15, 0.2) is 0 Å². The summed E-state index contributed by atoms with van der Waals surface area (Å²) in [6.07, 6.45) is 16.4. The highest BCUT2D eigenvalue weighted by atomic mass is 32.1. The average molecular weight is 270 g/mol. The van der Waals surface area contributed by atoms with E-state index in [-0.39, 0.29) is 0 Å². The molecule has 0 aliphatic heterocycles. The van der Waals surface area contributed by atoms with Crippen molar-refractivity contribution >= 4 is 34.8 Å². The van der Waals surface area contributed by atoms with Gasteiger partial charge >= 0.3 is 0 Å². The molecule has 0 amide bonds. The van der Waals surface area contributed by atoms with Gasteiger partial charge in [-0.3, -0.25) is 0 Å². The third-order valence-corrected chi connectivity index (χ3v) is 3.62. The van der Waals surface area contributed by atoms with Crippen molar-refractivity contribution < 1.29 is 0 Å². The average Bonchev–Trinajstić information content (AvgIpc) is 3.05. The first kappa shape index (κ1) is 12.8. The SMILES string of the molecule is C(C=CC=Cc1ccsc1)=CC=Cc1ccsc1. The highest BCUT2D eigenvalue weighted by molar-refractivity contribution is 7.08. The zero-order chi connectivity index (χ0) is 12.5. The molecule has 0 unspecified atom stereocenters. The van der Waals surface area contributed by atoms with Gasteiger partial charge in [0, 0.05) is 0 Å². The Hall–Kier alpha value is -1.64. The van der Waals surface area contributed by atoms with E-state index in [1.54, 1.807) is 22.7 Å². The lowest BCUT2D eigenvalue weighted by Crippen LogP contribution is -1.58. The number of hydrogen-bond donors (Lipinski definition) is 0. The minimum atomic E-state index is 1.26. The predicted octanol–water partition coefficient (Wildman–Crippen LogP) is 5.65. The Morgan fingerprint density at radius 2 is 1.06 bits per heavy atom. The summed E-state index contributed by atoms with van der Waals surface area (Å²) in [7, 11) is 0. The van der Waals surface area contributed by atoms with E-state index in [4.69, 9.17) is 0 Å². The van der Waals surface area contributed by atoms with E-state index in [0.29, 0.717) is 0 Å². The molecule has 90 valence electrons. The summed E-state index contributed by atoms with van der Waals surface area (Å²) in [4.78, 5) is 0. The van der Waals surface area contributed by atoms with Crippen LogP contribution >= 0.6 is 22.7 Å². The molecule has 0 aromatic carbocycles. The molecule has 0 saturated carbocycles. The molecule has 0 saturated heterocycles. The van der Waals surface area contributed by atoms with Crippen molar-refractivity contribution in [2.24, 2.45) is 0 Å². The van der Waals surface area contributed by atoms with Crippen molar-refractivity contribution in [3.05, 3.63) is 81.2 Å². The third kappa shape index (κ3) is 4.70. The quantitative estimate of drug-likeness (QED) is 0.616. The standard InChI is InChI=1S/C16H14S2/c1(3-5-7-15-9-11-17-13-15)2-4-6-8-16-10-12-18-14-16/h1-14H. The summed E-state index contributed by atoms with van der Waals surface area (Å²) >= 11 is 3.43. The maximum atomic E-state index is 2.13. The molecular weight excluding hydrogens is 256 g/mol. The fourth-order valence-electron chi connectivity index (χ4n) is 1.33. The number of rotatable bonds is 5. The van der Waals surface area contributed by atoms with Crippen LogP contribution in [-0.4, -0.2) is 0 Å². The summed E-state index contributed by atoms with van der Waals surface area (Å²) < 4.78 is 0. The molecule has 0 bridgehead atoms. The minimum Gasteiger partial charge on any atom is -0.152 e. The molecule has 2 rings (SSSR count). The van der Waals surface area contributed by atoms with E-state index < -0.39 is 0 Å². The van der Waals surface area contributed by atoms with Crippen molar-refractivity contribution in [1.82, 2.24) is 0 Å². The monoisotopic (exact) mass is 270 g/mol. The van der Waals surface area contributed by atoms with Crippen molar-refractivity contribution in [2.45, 2.75) is 0 Å². The first-order valence-electron chi connectivity index (χ1n) is 5.67. The van der Waals surface area contributed by atoms with Crippen LogP contribution in [0.3, 0.4) is 0 Å². The maximum absolute atomic E-state index is 2.13. The summed E-state index contributed by atoms with van der Waals surface area (Å²) in [6, 6.07) is 4.21. The van der Waals surface area contributed by atoms with E-state index >= 15 is 0 Å². The van der Waals surface area contributed by atoms with Gasteiger partial charge in [-0.05, 0) is 44.8 Å². The number of thiophene rings is 2. The Balaban J connectivity index is 1.74. The molecule has 0 aliphatic carbocycles. The Morgan fingerprint density at radius 3 is 1.44 bits per heavy atom. The van der Waals surface area contributed by atoms with Crippen LogP contribution in [0.4, 0.5) is 0 Å². The van der Waals surface area contributed by atoms with Crippen LogP contribution in [0.25, 0.3) is 12.2 Å². The Kier molecular flexibility index (Phi) is 5.44. The summed E-state index contributed by atoms with van der Waals surface area (Å²) in [5, 5.41) is 8.42. The van der Waals surface area contributed by atoms with Gasteiger partial charge in [-0.15, -0.1) is 0 Å². The Labute approximate surface area is 116 Å². The lowest BCUT2D eigenvalue weighted by molar-refractivity contribution is 1.84. The molecule has 18 heavy (non-hydrogen) atoms. The van der Waals surface area contributed by atoms with Crippen molar-refractivity contribution in [3.63, 3.8) is 0 Å². The molecule has 0 atom stereocenters. The lowest BCUT2D eigenvalue weighted by atomic mass is 10.3. The van der Waals surface area contributed by atoms with Crippen LogP contribution in [-0.2, 0) is 0 Å². The maximum Gasteiger partial charge on any atom is -0.00208 e. The molecule has 2 aromatic rings. The highest BCUT2D eigenvalue weighted by Gasteiger charge is 1.82. The zero-order valence-corrected chi connectivity index (χ0v) is 11.5. The van der Waals surface area contributed by atoms with E-state index in [2.05, 4.69) is 58.0 Å². The third-order valence-electron chi connectivity index (χ3n) is 2.22. The smallest absolute Gasteiger partial charge is 0.00208 e. The molecule has 0 nitrogen and oxygen atoms in total. The molecule has 0 N–H and O–H groups in total. The molecule has 0 fully saturated rings. The molecule has 0 aliphatic rings. The van der Waals surface area contributed by atoms with Crippen LogP contribution in [0.1, 0.15) is 11.1 Å². The van der Waals surface area contributed by atoms with Gasteiger partial charge in [0.1, 0.15) is 0 Å². The number of allylic oxidation sites excluding steroid dienone is 6. The molecule has 0 spiro atoms. The summed E-state index contributed by atoms with van der Waals surface area (Å²) in [5.41, 5.74) is 2.51. The van der Waals surface area contributed by atoms with Crippen molar-refractivity contribution in [3.8, 4) is 0 Å². The van der Waals surface area contributed by atoms with E-state index in [9.17, 15) is 0 Å². The minimum absolute atomic E-state index is 1.26. The number of hydrogen-bond acceptors (Lipinski definition) is 2. The first-order chi connectivity index (χ1) is 8.95. The van der Waals surface area contributed by atoms with Crippen LogP contribution in [0.5, 0.6) is 0 Å². The van der Waals surface area contributed by atoms with Gasteiger partial charge in [0.2, 0.25) is 0 Å². The van der Waals surface area contributed by atoms with Crippen LogP contribution in [0, 0.1) is 0 Å². The van der Waals surface area contributed by atoms with Crippen LogP contribution in [0.15, 0.2) is 70.1 Å². The summed E-state index contributed by atoms with van der Waals surface area (Å²) in [6.45, 7) is 0. The predicted molar refractivity (Wildman–Crippen MR) is 85.0 cm³/mol. The van der Waals surface area contributed by atoms with E-state index in [0.717, 1.165) is 0 Å². The largest absolute Gasteiger partial charge is 0.152 e. The van der Waals surface area contributed by atoms with Gasteiger partial charge in [0.05, 0.1) is 0 Å². The van der Waals surface area contributed by atoms with Gasteiger partial charge < -0.3 is 0 Å². The molecule has 2 heterocycles. The Morgan fingerprint density at radius 1 is 0.611 bits per heavy atom. The topological polar surface area (TPSA) is 0 Å². The molecule has 2 aromatic heterocycles. The second kappa shape index (κ2) is 7.64. The van der Waals surface area contributed by atoms with Gasteiger partial charge in [0.25, 0.3) is 0 Å². The Bertz CT molecular complexity index is 486. The second-order valence-electron chi connectivity index (χ2n) is 3.60. The fourth-order valence-corrected chi connectivity index (χ4v) is 2.59. The fraction of sp³-hybridized carbons (Fsp3) is 0.